The van der Waals surface area contributed by atoms with Crippen LogP contribution in [0.15, 0.2) is 140 Å². The molecule has 0 spiro atoms. The Morgan fingerprint density at radius 3 is 1.25 bits per heavy atom. The van der Waals surface area contributed by atoms with Crippen LogP contribution in [0.2, 0.25) is 0 Å². The normalized spacial score (nSPS) is 12.0. The molecule has 36 heavy (non-hydrogen) atoms. The molecule has 0 saturated carbocycles. The van der Waals surface area contributed by atoms with Gasteiger partial charge in [0.25, 0.3) is 0 Å². The Labute approximate surface area is 215 Å². The van der Waals surface area contributed by atoms with Crippen LogP contribution in [-0.2, 0) is 11.8 Å². The van der Waals surface area contributed by atoms with Crippen LogP contribution in [0.4, 0.5) is 0 Å². The van der Waals surface area contributed by atoms with Gasteiger partial charge in [0.15, 0.2) is 0 Å². The number of fused-ring (bicyclic) bond motifs is 8. The predicted octanol–water partition coefficient (Wildman–Crippen LogP) is 8.06. The number of benzene rings is 7. The zero-order chi connectivity index (χ0) is 24.1. The maximum absolute atomic E-state index is 6.82. The Bertz CT molecular complexity index is 1910. The minimum atomic E-state index is -2.33. The van der Waals surface area contributed by atoms with Crippen LogP contribution in [0, 0.1) is 0 Å². The molecule has 0 heterocycles. The van der Waals surface area contributed by atoms with Crippen LogP contribution in [0.5, 0.6) is 0 Å². The fraction of sp³-hybridized carbons (Fsp3) is 0. The van der Waals surface area contributed by atoms with E-state index in [1.165, 1.54) is 59.0 Å². The van der Waals surface area contributed by atoms with Gasteiger partial charge in [0.05, 0.1) is 0 Å². The van der Waals surface area contributed by atoms with Gasteiger partial charge in [-0.15, -0.1) is 0 Å². The zero-order valence-electron chi connectivity index (χ0n) is 19.6. The SMILES string of the molecule is S=P(c1ccccc1)(c1ccccc1)c1cc2c3ccccc3c3ccccc3c2c2ccccc12. The fourth-order valence-electron chi connectivity index (χ4n) is 5.71. The summed E-state index contributed by atoms with van der Waals surface area (Å²) >= 11 is 6.82. The van der Waals surface area contributed by atoms with Crippen LogP contribution in [0.25, 0.3) is 43.1 Å². The molecule has 0 N–H and O–H groups in total. The second-order valence-corrected chi connectivity index (χ2v) is 13.6. The van der Waals surface area contributed by atoms with E-state index in [0.29, 0.717) is 0 Å². The van der Waals surface area contributed by atoms with Crippen molar-refractivity contribution in [1.29, 1.82) is 0 Å². The van der Waals surface area contributed by atoms with Gasteiger partial charge in [-0.05, 0) is 59.8 Å². The molecule has 2 heteroatoms. The van der Waals surface area contributed by atoms with Crippen molar-refractivity contribution in [3.05, 3.63) is 140 Å². The maximum Gasteiger partial charge on any atom is 0.0385 e. The van der Waals surface area contributed by atoms with Crippen LogP contribution in [0.1, 0.15) is 0 Å². The second-order valence-electron chi connectivity index (χ2n) is 9.24. The molecule has 0 aliphatic heterocycles. The molecule has 0 aliphatic carbocycles. The largest absolute Gasteiger partial charge is 0.0826 e. The summed E-state index contributed by atoms with van der Waals surface area (Å²) in [5.74, 6) is 0. The average Bonchev–Trinajstić information content (AvgIpc) is 2.97. The summed E-state index contributed by atoms with van der Waals surface area (Å²) in [5, 5.41) is 14.0. The first-order valence-electron chi connectivity index (χ1n) is 12.2. The van der Waals surface area contributed by atoms with Crippen LogP contribution < -0.4 is 15.9 Å². The number of rotatable bonds is 3. The highest BCUT2D eigenvalue weighted by atomic mass is 32.4. The highest BCUT2D eigenvalue weighted by Crippen LogP contribution is 2.47. The Hall–Kier alpha value is -3.77. The van der Waals surface area contributed by atoms with Crippen molar-refractivity contribution in [2.45, 2.75) is 0 Å². The lowest BCUT2D eigenvalue weighted by molar-refractivity contribution is 1.75. The van der Waals surface area contributed by atoms with E-state index < -0.39 is 6.04 Å². The Morgan fingerprint density at radius 2 is 0.722 bits per heavy atom. The van der Waals surface area contributed by atoms with Gasteiger partial charge < -0.3 is 0 Å². The van der Waals surface area contributed by atoms with Gasteiger partial charge >= 0.3 is 0 Å². The average molecular weight is 495 g/mol. The standard InChI is InChI=1S/C34H23PS/c36-35(24-13-3-1-4-14-24,25-15-5-2-6-16-25)33-23-32-28-19-8-7-17-26(28)27-18-9-11-21-30(27)34(32)31-22-12-10-20-29(31)33/h1-23H. The molecule has 0 aromatic heterocycles. The smallest absolute Gasteiger partial charge is 0.0385 e. The Morgan fingerprint density at radius 1 is 0.361 bits per heavy atom. The van der Waals surface area contributed by atoms with Crippen molar-refractivity contribution in [2.24, 2.45) is 0 Å². The molecule has 170 valence electrons. The van der Waals surface area contributed by atoms with E-state index >= 15 is 0 Å². The minimum absolute atomic E-state index is 1.22. The number of hydrogen-bond donors (Lipinski definition) is 0. The van der Waals surface area contributed by atoms with Gasteiger partial charge in [0, 0.05) is 11.3 Å². The van der Waals surface area contributed by atoms with E-state index in [0.717, 1.165) is 0 Å². The molecular weight excluding hydrogens is 471 g/mol. The summed E-state index contributed by atoms with van der Waals surface area (Å²) < 4.78 is 0. The summed E-state index contributed by atoms with van der Waals surface area (Å²) in [4.78, 5) is 0. The van der Waals surface area contributed by atoms with Crippen LogP contribution >= 0.6 is 6.04 Å². The molecule has 0 aliphatic rings. The maximum atomic E-state index is 6.82. The van der Waals surface area contributed by atoms with Crippen molar-refractivity contribution >= 4 is 76.8 Å². The first-order valence-corrected chi connectivity index (χ1v) is 15.0. The summed E-state index contributed by atoms with van der Waals surface area (Å²) in [5.41, 5.74) is 0. The molecular formula is C34H23PS. The van der Waals surface area contributed by atoms with Gasteiger partial charge in [0.2, 0.25) is 0 Å². The third-order valence-corrected chi connectivity index (χ3v) is 12.3. The number of hydrogen-bond acceptors (Lipinski definition) is 1. The quantitative estimate of drug-likeness (QED) is 0.177. The third kappa shape index (κ3) is 3.10. The Kier molecular flexibility index (Phi) is 5.03. The molecule has 7 aromatic rings. The molecule has 0 amide bonds. The van der Waals surface area contributed by atoms with E-state index in [2.05, 4.69) is 140 Å². The molecule has 0 saturated heterocycles. The van der Waals surface area contributed by atoms with Crippen LogP contribution in [0.3, 0.4) is 0 Å². The lowest BCUT2D eigenvalue weighted by atomic mass is 9.91. The first kappa shape index (κ1) is 21.5. The van der Waals surface area contributed by atoms with E-state index in [9.17, 15) is 0 Å². The predicted molar refractivity (Wildman–Crippen MR) is 163 cm³/mol. The summed E-state index contributed by atoms with van der Waals surface area (Å²) in [7, 11) is 0. The van der Waals surface area contributed by atoms with Crippen LogP contribution in [-0.4, -0.2) is 0 Å². The first-order chi connectivity index (χ1) is 17.8. The monoisotopic (exact) mass is 494 g/mol. The molecule has 0 atom stereocenters. The van der Waals surface area contributed by atoms with E-state index in [1.54, 1.807) is 0 Å². The minimum Gasteiger partial charge on any atom is -0.0826 e. The molecule has 0 radical (unpaired) electrons. The van der Waals surface area contributed by atoms with E-state index in [-0.39, 0.29) is 0 Å². The molecule has 0 fully saturated rings. The van der Waals surface area contributed by atoms with E-state index in [1.807, 2.05) is 0 Å². The van der Waals surface area contributed by atoms with Crippen molar-refractivity contribution in [3.63, 3.8) is 0 Å². The second kappa shape index (κ2) is 8.42. The van der Waals surface area contributed by atoms with Gasteiger partial charge in [0.1, 0.15) is 0 Å². The van der Waals surface area contributed by atoms with Gasteiger partial charge in [-0.2, -0.15) is 0 Å². The van der Waals surface area contributed by atoms with Gasteiger partial charge in [-0.25, -0.2) is 0 Å². The summed E-state index contributed by atoms with van der Waals surface area (Å²) in [6.45, 7) is 0. The molecule has 7 rings (SSSR count). The topological polar surface area (TPSA) is 0 Å². The zero-order valence-corrected chi connectivity index (χ0v) is 21.3. The lowest BCUT2D eigenvalue weighted by Gasteiger charge is -2.27. The summed E-state index contributed by atoms with van der Waals surface area (Å²) in [6.07, 6.45) is 0. The molecule has 0 nitrogen and oxygen atoms in total. The Balaban J connectivity index is 1.74. The fourth-order valence-corrected chi connectivity index (χ4v) is 9.78. The van der Waals surface area contributed by atoms with Crippen molar-refractivity contribution in [1.82, 2.24) is 0 Å². The van der Waals surface area contributed by atoms with Crippen molar-refractivity contribution in [3.8, 4) is 0 Å². The van der Waals surface area contributed by atoms with E-state index in [4.69, 9.17) is 11.8 Å². The lowest BCUT2D eigenvalue weighted by Crippen LogP contribution is -2.25. The highest BCUT2D eigenvalue weighted by Gasteiger charge is 2.28. The summed E-state index contributed by atoms with van der Waals surface area (Å²) in [6, 6.07) is 48.0. The third-order valence-electron chi connectivity index (χ3n) is 7.31. The van der Waals surface area contributed by atoms with Crippen molar-refractivity contribution in [2.75, 3.05) is 0 Å². The van der Waals surface area contributed by atoms with Gasteiger partial charge in [-0.3, -0.25) is 0 Å². The van der Waals surface area contributed by atoms with Gasteiger partial charge in [-0.1, -0.05) is 145 Å². The molecule has 0 bridgehead atoms. The molecule has 7 aromatic carbocycles. The highest BCUT2D eigenvalue weighted by molar-refractivity contribution is 8.25. The molecule has 0 unspecified atom stereocenters. The van der Waals surface area contributed by atoms with Crippen molar-refractivity contribution < 1.29 is 0 Å².